The van der Waals surface area contributed by atoms with Crippen molar-refractivity contribution in [1.29, 1.82) is 0 Å². The Bertz CT molecular complexity index is 134. The lowest BCUT2D eigenvalue weighted by Gasteiger charge is -2.34. The zero-order valence-corrected chi connectivity index (χ0v) is 7.29. The second-order valence-electron chi connectivity index (χ2n) is 3.48. The van der Waals surface area contributed by atoms with Gasteiger partial charge in [-0.1, -0.05) is 13.0 Å². The van der Waals surface area contributed by atoms with E-state index in [1.807, 2.05) is 6.08 Å². The van der Waals surface area contributed by atoms with Crippen LogP contribution >= 0.6 is 0 Å². The predicted octanol–water partition coefficient (Wildman–Crippen LogP) is 0.842. The zero-order chi connectivity index (χ0) is 8.27. The smallest absolute Gasteiger partial charge is 0.0160 e. The molecule has 0 amide bonds. The van der Waals surface area contributed by atoms with E-state index in [1.165, 1.54) is 0 Å². The van der Waals surface area contributed by atoms with Crippen LogP contribution in [0.3, 0.4) is 0 Å². The summed E-state index contributed by atoms with van der Waals surface area (Å²) in [6.45, 7) is 9.23. The number of piperidine rings is 1. The van der Waals surface area contributed by atoms with Crippen LogP contribution in [0.25, 0.3) is 0 Å². The predicted molar refractivity (Wildman–Crippen MR) is 48.4 cm³/mol. The summed E-state index contributed by atoms with van der Waals surface area (Å²) in [5.74, 6) is 0.642. The highest BCUT2D eigenvalue weighted by molar-refractivity contribution is 4.83. The molecule has 1 heterocycles. The Kier molecular flexibility index (Phi) is 3.09. The minimum Gasteiger partial charge on any atom is -0.327 e. The summed E-state index contributed by atoms with van der Waals surface area (Å²) in [5, 5.41) is 0. The molecule has 1 fully saturated rings. The van der Waals surface area contributed by atoms with E-state index >= 15 is 0 Å². The molecule has 1 saturated heterocycles. The molecule has 0 saturated carbocycles. The molecule has 2 N–H and O–H groups in total. The summed E-state index contributed by atoms with van der Waals surface area (Å²) in [6, 6.07) is 0.413. The normalized spacial score (nSPS) is 33.6. The standard InChI is InChI=1S/C9H18N2/c1-3-5-11-6-4-9(10)8(2)7-11/h3,8-9H,1,4-7,10H2,2H3. The highest BCUT2D eigenvalue weighted by Gasteiger charge is 2.21. The second-order valence-corrected chi connectivity index (χ2v) is 3.48. The fourth-order valence-electron chi connectivity index (χ4n) is 1.60. The Labute approximate surface area is 69.1 Å². The Hall–Kier alpha value is -0.340. The number of hydrogen-bond acceptors (Lipinski definition) is 2. The summed E-state index contributed by atoms with van der Waals surface area (Å²) < 4.78 is 0. The van der Waals surface area contributed by atoms with Crippen LogP contribution < -0.4 is 5.73 Å². The molecule has 0 radical (unpaired) electrons. The molecule has 2 heteroatoms. The second kappa shape index (κ2) is 3.88. The van der Waals surface area contributed by atoms with Crippen LogP contribution in [0.1, 0.15) is 13.3 Å². The van der Waals surface area contributed by atoms with Gasteiger partial charge in [-0.15, -0.1) is 6.58 Å². The van der Waals surface area contributed by atoms with E-state index in [4.69, 9.17) is 5.73 Å². The Morgan fingerprint density at radius 3 is 3.00 bits per heavy atom. The summed E-state index contributed by atoms with van der Waals surface area (Å²) in [4.78, 5) is 2.40. The molecule has 1 aliphatic heterocycles. The minimum absolute atomic E-state index is 0.413. The van der Waals surface area contributed by atoms with Crippen molar-refractivity contribution >= 4 is 0 Å². The van der Waals surface area contributed by atoms with Crippen molar-refractivity contribution in [2.24, 2.45) is 11.7 Å². The molecule has 64 valence electrons. The molecule has 0 aromatic carbocycles. The summed E-state index contributed by atoms with van der Waals surface area (Å²) in [5.41, 5.74) is 5.88. The molecule has 1 rings (SSSR count). The number of hydrogen-bond donors (Lipinski definition) is 1. The third-order valence-corrected chi connectivity index (χ3v) is 2.44. The SMILES string of the molecule is C=CCN1CCC(N)C(C)C1. The van der Waals surface area contributed by atoms with Crippen LogP contribution in [0.15, 0.2) is 12.7 Å². The van der Waals surface area contributed by atoms with Crippen LogP contribution in [-0.2, 0) is 0 Å². The van der Waals surface area contributed by atoms with Gasteiger partial charge in [-0.25, -0.2) is 0 Å². The van der Waals surface area contributed by atoms with Gasteiger partial charge in [0.25, 0.3) is 0 Å². The van der Waals surface area contributed by atoms with E-state index in [1.54, 1.807) is 0 Å². The lowest BCUT2D eigenvalue weighted by molar-refractivity contribution is 0.180. The van der Waals surface area contributed by atoms with Gasteiger partial charge < -0.3 is 5.73 Å². The van der Waals surface area contributed by atoms with Crippen LogP contribution in [0.5, 0.6) is 0 Å². The lowest BCUT2D eigenvalue weighted by Crippen LogP contribution is -2.45. The van der Waals surface area contributed by atoms with E-state index in [0.717, 1.165) is 26.1 Å². The maximum absolute atomic E-state index is 5.88. The van der Waals surface area contributed by atoms with E-state index in [2.05, 4.69) is 18.4 Å². The number of nitrogens with zero attached hydrogens (tertiary/aromatic N) is 1. The largest absolute Gasteiger partial charge is 0.327 e. The molecule has 2 nitrogen and oxygen atoms in total. The van der Waals surface area contributed by atoms with Crippen LogP contribution in [0.4, 0.5) is 0 Å². The summed E-state index contributed by atoms with van der Waals surface area (Å²) in [7, 11) is 0. The first-order chi connectivity index (χ1) is 5.24. The Morgan fingerprint density at radius 2 is 2.45 bits per heavy atom. The van der Waals surface area contributed by atoms with E-state index in [9.17, 15) is 0 Å². The zero-order valence-electron chi connectivity index (χ0n) is 7.29. The van der Waals surface area contributed by atoms with Crippen molar-refractivity contribution < 1.29 is 0 Å². The first kappa shape index (κ1) is 8.75. The first-order valence-corrected chi connectivity index (χ1v) is 4.33. The molecule has 1 aliphatic rings. The molecular weight excluding hydrogens is 136 g/mol. The molecule has 2 atom stereocenters. The van der Waals surface area contributed by atoms with Crippen molar-refractivity contribution in [3.05, 3.63) is 12.7 Å². The van der Waals surface area contributed by atoms with Crippen molar-refractivity contribution in [1.82, 2.24) is 4.90 Å². The van der Waals surface area contributed by atoms with E-state index in [0.29, 0.717) is 12.0 Å². The monoisotopic (exact) mass is 154 g/mol. The van der Waals surface area contributed by atoms with Gasteiger partial charge in [0.05, 0.1) is 0 Å². The van der Waals surface area contributed by atoms with Gasteiger partial charge in [-0.2, -0.15) is 0 Å². The quantitative estimate of drug-likeness (QED) is 0.597. The molecule has 0 spiro atoms. The van der Waals surface area contributed by atoms with Crippen molar-refractivity contribution in [3.8, 4) is 0 Å². The van der Waals surface area contributed by atoms with Crippen molar-refractivity contribution in [2.45, 2.75) is 19.4 Å². The average Bonchev–Trinajstić information content (AvgIpc) is 1.98. The fraction of sp³-hybridized carbons (Fsp3) is 0.778. The molecular formula is C9H18N2. The highest BCUT2D eigenvalue weighted by Crippen LogP contribution is 2.13. The summed E-state index contributed by atoms with van der Waals surface area (Å²) >= 11 is 0. The minimum atomic E-state index is 0.413. The Balaban J connectivity index is 2.33. The highest BCUT2D eigenvalue weighted by atomic mass is 15.1. The van der Waals surface area contributed by atoms with E-state index < -0.39 is 0 Å². The average molecular weight is 154 g/mol. The Morgan fingerprint density at radius 1 is 1.73 bits per heavy atom. The number of rotatable bonds is 2. The maximum Gasteiger partial charge on any atom is 0.0160 e. The molecule has 0 aromatic heterocycles. The third kappa shape index (κ3) is 2.31. The fourth-order valence-corrected chi connectivity index (χ4v) is 1.60. The van der Waals surface area contributed by atoms with Gasteiger partial charge in [0.2, 0.25) is 0 Å². The number of nitrogens with two attached hydrogens (primary N) is 1. The van der Waals surface area contributed by atoms with Gasteiger partial charge in [0.15, 0.2) is 0 Å². The van der Waals surface area contributed by atoms with Crippen LogP contribution in [0, 0.1) is 5.92 Å². The van der Waals surface area contributed by atoms with Crippen LogP contribution in [0.2, 0.25) is 0 Å². The first-order valence-electron chi connectivity index (χ1n) is 4.33. The van der Waals surface area contributed by atoms with Crippen LogP contribution in [-0.4, -0.2) is 30.6 Å². The molecule has 0 aromatic rings. The molecule has 11 heavy (non-hydrogen) atoms. The molecule has 0 bridgehead atoms. The van der Waals surface area contributed by atoms with Gasteiger partial charge in [0, 0.05) is 19.1 Å². The van der Waals surface area contributed by atoms with Gasteiger partial charge >= 0.3 is 0 Å². The topological polar surface area (TPSA) is 29.3 Å². The number of likely N-dealkylation sites (tertiary alicyclic amines) is 1. The van der Waals surface area contributed by atoms with Gasteiger partial charge in [-0.3, -0.25) is 4.90 Å². The van der Waals surface area contributed by atoms with Crippen molar-refractivity contribution in [2.75, 3.05) is 19.6 Å². The van der Waals surface area contributed by atoms with Gasteiger partial charge in [0.1, 0.15) is 0 Å². The molecule has 2 unspecified atom stereocenters. The van der Waals surface area contributed by atoms with E-state index in [-0.39, 0.29) is 0 Å². The molecule has 0 aliphatic carbocycles. The van der Waals surface area contributed by atoms with Crippen molar-refractivity contribution in [3.63, 3.8) is 0 Å². The maximum atomic E-state index is 5.88. The third-order valence-electron chi connectivity index (χ3n) is 2.44. The van der Waals surface area contributed by atoms with Gasteiger partial charge in [-0.05, 0) is 18.9 Å². The lowest BCUT2D eigenvalue weighted by atomic mass is 9.95. The summed E-state index contributed by atoms with van der Waals surface area (Å²) in [6.07, 6.45) is 3.10.